The first-order chi connectivity index (χ1) is 9.10. The fourth-order valence-electron chi connectivity index (χ4n) is 1.83. The molecule has 0 unspecified atom stereocenters. The van der Waals surface area contributed by atoms with Crippen LogP contribution in [0.2, 0.25) is 0 Å². The van der Waals surface area contributed by atoms with Gasteiger partial charge < -0.3 is 9.84 Å². The Morgan fingerprint density at radius 1 is 1.26 bits per heavy atom. The highest BCUT2D eigenvalue weighted by Gasteiger charge is 2.12. The summed E-state index contributed by atoms with van der Waals surface area (Å²) in [6, 6.07) is 8.97. The zero-order valence-electron chi connectivity index (χ0n) is 11.0. The molecule has 0 saturated heterocycles. The molecular formula is C15H16O3S. The number of aryl methyl sites for hydroxylation is 2. The Labute approximate surface area is 116 Å². The van der Waals surface area contributed by atoms with Gasteiger partial charge in [0.15, 0.2) is 6.61 Å². The summed E-state index contributed by atoms with van der Waals surface area (Å²) in [5, 5.41) is 8.93. The van der Waals surface area contributed by atoms with Crippen molar-refractivity contribution in [2.45, 2.75) is 20.5 Å². The van der Waals surface area contributed by atoms with Gasteiger partial charge >= 0.3 is 0 Å². The Morgan fingerprint density at radius 2 is 1.95 bits per heavy atom. The Bertz CT molecular complexity index is 570. The number of ether oxygens (including phenoxy) is 1. The lowest BCUT2D eigenvalue weighted by Gasteiger charge is -2.06. The first-order valence-corrected chi connectivity index (χ1v) is 6.84. The lowest BCUT2D eigenvalue weighted by atomic mass is 10.2. The van der Waals surface area contributed by atoms with Gasteiger partial charge in [-0.25, -0.2) is 0 Å². The molecule has 3 nitrogen and oxygen atoms in total. The molecule has 4 heteroatoms. The SMILES string of the molecule is Cc1cc(C(=O)COc2ccc(CO)cc2)c(C)s1. The predicted octanol–water partition coefficient (Wildman–Crippen LogP) is 3.12. The van der Waals surface area contributed by atoms with E-state index in [1.54, 1.807) is 35.6 Å². The van der Waals surface area contributed by atoms with Crippen LogP contribution in [0.5, 0.6) is 5.75 Å². The molecule has 0 bridgehead atoms. The Morgan fingerprint density at radius 3 is 2.47 bits per heavy atom. The van der Waals surface area contributed by atoms with E-state index in [-0.39, 0.29) is 19.0 Å². The van der Waals surface area contributed by atoms with Gasteiger partial charge in [0.1, 0.15) is 5.75 Å². The van der Waals surface area contributed by atoms with Gasteiger partial charge in [0.05, 0.1) is 6.61 Å². The second kappa shape index (κ2) is 5.99. The van der Waals surface area contributed by atoms with Crippen molar-refractivity contribution >= 4 is 17.1 Å². The summed E-state index contributed by atoms with van der Waals surface area (Å²) in [7, 11) is 0. The maximum Gasteiger partial charge on any atom is 0.201 e. The van der Waals surface area contributed by atoms with Crippen molar-refractivity contribution in [3.8, 4) is 5.75 Å². The number of rotatable bonds is 5. The molecule has 0 amide bonds. The van der Waals surface area contributed by atoms with E-state index >= 15 is 0 Å². The van der Waals surface area contributed by atoms with Crippen molar-refractivity contribution in [1.29, 1.82) is 0 Å². The topological polar surface area (TPSA) is 46.5 Å². The van der Waals surface area contributed by atoms with Gasteiger partial charge in [0.25, 0.3) is 0 Å². The van der Waals surface area contributed by atoms with Crippen LogP contribution in [0.3, 0.4) is 0 Å². The fourth-order valence-corrected chi connectivity index (χ4v) is 2.77. The van der Waals surface area contributed by atoms with Gasteiger partial charge in [0.2, 0.25) is 5.78 Å². The van der Waals surface area contributed by atoms with E-state index in [1.807, 2.05) is 19.9 Å². The van der Waals surface area contributed by atoms with Gasteiger partial charge in [0, 0.05) is 15.3 Å². The number of benzene rings is 1. The van der Waals surface area contributed by atoms with E-state index in [4.69, 9.17) is 9.84 Å². The van der Waals surface area contributed by atoms with E-state index in [1.165, 1.54) is 0 Å². The van der Waals surface area contributed by atoms with Crippen molar-refractivity contribution in [2.24, 2.45) is 0 Å². The highest BCUT2D eigenvalue weighted by atomic mass is 32.1. The molecule has 0 spiro atoms. The molecular weight excluding hydrogens is 260 g/mol. The second-order valence-electron chi connectivity index (χ2n) is 4.34. The van der Waals surface area contributed by atoms with Crippen LogP contribution >= 0.6 is 11.3 Å². The molecule has 19 heavy (non-hydrogen) atoms. The maximum atomic E-state index is 12.0. The summed E-state index contributed by atoms with van der Waals surface area (Å²) in [4.78, 5) is 14.2. The van der Waals surface area contributed by atoms with Crippen LogP contribution in [-0.4, -0.2) is 17.5 Å². The normalized spacial score (nSPS) is 10.5. The lowest BCUT2D eigenvalue weighted by molar-refractivity contribution is 0.0921. The molecule has 0 aliphatic rings. The third-order valence-electron chi connectivity index (χ3n) is 2.82. The summed E-state index contributed by atoms with van der Waals surface area (Å²) in [6.45, 7) is 3.98. The van der Waals surface area contributed by atoms with Crippen LogP contribution in [0, 0.1) is 13.8 Å². The number of aliphatic hydroxyl groups excluding tert-OH is 1. The summed E-state index contributed by atoms with van der Waals surface area (Å²) in [6.07, 6.45) is 0. The first kappa shape index (κ1) is 13.8. The average Bonchev–Trinajstić information content (AvgIpc) is 2.75. The lowest BCUT2D eigenvalue weighted by Crippen LogP contribution is -2.11. The van der Waals surface area contributed by atoms with E-state index in [2.05, 4.69) is 0 Å². The zero-order valence-corrected chi connectivity index (χ0v) is 11.8. The van der Waals surface area contributed by atoms with Gasteiger partial charge in [-0.05, 0) is 37.6 Å². The average molecular weight is 276 g/mol. The summed E-state index contributed by atoms with van der Waals surface area (Å²) in [5.74, 6) is 0.628. The molecule has 0 saturated carbocycles. The Kier molecular flexibility index (Phi) is 4.35. The number of hydrogen-bond acceptors (Lipinski definition) is 4. The number of carbonyl (C=O) groups is 1. The van der Waals surface area contributed by atoms with E-state index in [0.717, 1.165) is 20.9 Å². The minimum atomic E-state index is -0.00640. The molecule has 100 valence electrons. The zero-order chi connectivity index (χ0) is 13.8. The maximum absolute atomic E-state index is 12.0. The molecule has 1 aromatic heterocycles. The van der Waals surface area contributed by atoms with Gasteiger partial charge in [-0.2, -0.15) is 0 Å². The van der Waals surface area contributed by atoms with Crippen molar-refractivity contribution in [3.05, 3.63) is 51.2 Å². The predicted molar refractivity (Wildman–Crippen MR) is 76.0 cm³/mol. The van der Waals surface area contributed by atoms with Crippen LogP contribution < -0.4 is 4.74 Å². The number of ketones is 1. The molecule has 1 aromatic carbocycles. The molecule has 0 aliphatic carbocycles. The molecule has 0 atom stereocenters. The van der Waals surface area contributed by atoms with Crippen LogP contribution in [0.1, 0.15) is 25.7 Å². The summed E-state index contributed by atoms with van der Waals surface area (Å²) in [5.41, 5.74) is 1.57. The standard InChI is InChI=1S/C15H16O3S/c1-10-7-14(11(2)19-10)15(17)9-18-13-5-3-12(8-16)4-6-13/h3-7,16H,8-9H2,1-2H3. The highest BCUT2D eigenvalue weighted by molar-refractivity contribution is 7.12. The van der Waals surface area contributed by atoms with Gasteiger partial charge in [-0.1, -0.05) is 12.1 Å². The quantitative estimate of drug-likeness (QED) is 0.853. The molecule has 0 aliphatic heterocycles. The van der Waals surface area contributed by atoms with Crippen molar-refractivity contribution in [1.82, 2.24) is 0 Å². The summed E-state index contributed by atoms with van der Waals surface area (Å²) >= 11 is 1.62. The number of Topliss-reactive ketones (excluding diaryl/α,β-unsaturated/α-hetero) is 1. The molecule has 1 heterocycles. The van der Waals surface area contributed by atoms with Crippen molar-refractivity contribution < 1.29 is 14.6 Å². The smallest absolute Gasteiger partial charge is 0.201 e. The van der Waals surface area contributed by atoms with Crippen LogP contribution in [0.15, 0.2) is 30.3 Å². The minimum Gasteiger partial charge on any atom is -0.485 e. The minimum absolute atomic E-state index is 0.00640. The largest absolute Gasteiger partial charge is 0.485 e. The molecule has 2 aromatic rings. The number of carbonyl (C=O) groups excluding carboxylic acids is 1. The van der Waals surface area contributed by atoms with E-state index < -0.39 is 0 Å². The van der Waals surface area contributed by atoms with E-state index in [9.17, 15) is 4.79 Å². The first-order valence-electron chi connectivity index (χ1n) is 6.03. The fraction of sp³-hybridized carbons (Fsp3) is 0.267. The van der Waals surface area contributed by atoms with Crippen LogP contribution in [0.25, 0.3) is 0 Å². The number of aliphatic hydroxyl groups is 1. The Hall–Kier alpha value is -1.65. The van der Waals surface area contributed by atoms with E-state index in [0.29, 0.717) is 5.75 Å². The van der Waals surface area contributed by atoms with Gasteiger partial charge in [-0.15, -0.1) is 11.3 Å². The summed E-state index contributed by atoms with van der Waals surface area (Å²) < 4.78 is 5.46. The van der Waals surface area contributed by atoms with Crippen molar-refractivity contribution in [2.75, 3.05) is 6.61 Å². The van der Waals surface area contributed by atoms with Crippen LogP contribution in [-0.2, 0) is 6.61 Å². The molecule has 0 fully saturated rings. The highest BCUT2D eigenvalue weighted by Crippen LogP contribution is 2.21. The number of thiophene rings is 1. The Balaban J connectivity index is 1.98. The van der Waals surface area contributed by atoms with Gasteiger partial charge in [-0.3, -0.25) is 4.79 Å². The van der Waals surface area contributed by atoms with Crippen molar-refractivity contribution in [3.63, 3.8) is 0 Å². The third kappa shape index (κ3) is 3.43. The molecule has 2 rings (SSSR count). The molecule has 0 radical (unpaired) electrons. The monoisotopic (exact) mass is 276 g/mol. The van der Waals surface area contributed by atoms with Crippen LogP contribution in [0.4, 0.5) is 0 Å². The third-order valence-corrected chi connectivity index (χ3v) is 3.78. The second-order valence-corrected chi connectivity index (χ2v) is 5.80. The molecule has 1 N–H and O–H groups in total. The number of hydrogen-bond donors (Lipinski definition) is 1.